The van der Waals surface area contributed by atoms with Crippen molar-refractivity contribution < 1.29 is 18.4 Å². The van der Waals surface area contributed by atoms with Crippen LogP contribution in [0.1, 0.15) is 35.4 Å². The maximum Gasteiger partial charge on any atom is 0.171 e. The Morgan fingerprint density at radius 3 is 2.74 bits per heavy atom. The van der Waals surface area contributed by atoms with Gasteiger partial charge in [-0.3, -0.25) is 9.69 Å². The quantitative estimate of drug-likeness (QED) is 0.203. The standard InChI is InChI=1S/C27H29FIN3O3/c1-34-22-7-3-2-6-21(22)32-16-15-31(24(29)17-32)14-4-5-19-10-13-23-25(27(19)33)26(30-35-23)18-8-11-20(28)12-9-18/h2-3,6-9,11-12,19,24H,4-5,10,13-17H2,1H3. The molecule has 2 aromatic carbocycles. The molecule has 5 rings (SSSR count). The molecule has 0 bridgehead atoms. The van der Waals surface area contributed by atoms with Crippen LogP contribution in [0.3, 0.4) is 0 Å². The number of aromatic nitrogens is 1. The van der Waals surface area contributed by atoms with Crippen LogP contribution < -0.4 is 9.64 Å². The molecule has 35 heavy (non-hydrogen) atoms. The van der Waals surface area contributed by atoms with Gasteiger partial charge in [0.05, 0.1) is 22.4 Å². The highest BCUT2D eigenvalue weighted by atomic mass is 127. The second kappa shape index (κ2) is 10.7. The average Bonchev–Trinajstić information content (AvgIpc) is 3.31. The van der Waals surface area contributed by atoms with Gasteiger partial charge < -0.3 is 14.2 Å². The van der Waals surface area contributed by atoms with E-state index in [-0.39, 0.29) is 17.5 Å². The zero-order valence-electron chi connectivity index (χ0n) is 19.8. The van der Waals surface area contributed by atoms with Gasteiger partial charge in [0.25, 0.3) is 0 Å². The summed E-state index contributed by atoms with van der Waals surface area (Å²) in [5, 5.41) is 4.15. The topological polar surface area (TPSA) is 58.8 Å². The van der Waals surface area contributed by atoms with Gasteiger partial charge in [-0.1, -0.05) is 39.9 Å². The van der Waals surface area contributed by atoms with Crippen LogP contribution in [0.5, 0.6) is 5.75 Å². The van der Waals surface area contributed by atoms with Crippen molar-refractivity contribution >= 4 is 34.1 Å². The molecule has 184 valence electrons. The molecule has 0 spiro atoms. The number of ketones is 1. The molecule has 3 aromatic rings. The summed E-state index contributed by atoms with van der Waals surface area (Å²) in [7, 11) is 1.72. The van der Waals surface area contributed by atoms with Crippen LogP contribution in [0.4, 0.5) is 10.1 Å². The van der Waals surface area contributed by atoms with E-state index in [1.54, 1.807) is 19.2 Å². The van der Waals surface area contributed by atoms with Crippen LogP contribution in [0.25, 0.3) is 11.3 Å². The number of benzene rings is 2. The van der Waals surface area contributed by atoms with Gasteiger partial charge in [-0.25, -0.2) is 4.39 Å². The van der Waals surface area contributed by atoms with Gasteiger partial charge in [-0.2, -0.15) is 0 Å². The number of fused-ring (bicyclic) bond motifs is 1. The first-order valence-electron chi connectivity index (χ1n) is 12.1. The van der Waals surface area contributed by atoms with Crippen molar-refractivity contribution in [3.63, 3.8) is 0 Å². The summed E-state index contributed by atoms with van der Waals surface area (Å²) in [6, 6.07) is 14.2. The second-order valence-electron chi connectivity index (χ2n) is 9.17. The van der Waals surface area contributed by atoms with E-state index in [0.717, 1.165) is 56.9 Å². The Hall–Kier alpha value is -2.46. The minimum Gasteiger partial charge on any atom is -0.495 e. The van der Waals surface area contributed by atoms with E-state index in [1.165, 1.54) is 12.1 Å². The van der Waals surface area contributed by atoms with Gasteiger partial charge in [0.2, 0.25) is 0 Å². The molecule has 2 unspecified atom stereocenters. The van der Waals surface area contributed by atoms with E-state index in [1.807, 2.05) is 12.1 Å². The first-order valence-corrected chi connectivity index (χ1v) is 13.3. The van der Waals surface area contributed by atoms with Crippen LogP contribution in [0.15, 0.2) is 53.1 Å². The van der Waals surface area contributed by atoms with Crippen LogP contribution in [0, 0.1) is 11.7 Å². The second-order valence-corrected chi connectivity index (χ2v) is 10.6. The number of aryl methyl sites for hydroxylation is 1. The fourth-order valence-corrected chi connectivity index (χ4v) is 6.18. The largest absolute Gasteiger partial charge is 0.495 e. The number of Topliss-reactive ketones (excluding diaryl/α,β-unsaturated/α-hetero) is 1. The first kappa shape index (κ1) is 24.2. The summed E-state index contributed by atoms with van der Waals surface area (Å²) in [6.07, 6.45) is 3.32. The van der Waals surface area contributed by atoms with Gasteiger partial charge in [0.15, 0.2) is 5.78 Å². The Morgan fingerprint density at radius 2 is 1.97 bits per heavy atom. The lowest BCUT2D eigenvalue weighted by Gasteiger charge is -2.40. The van der Waals surface area contributed by atoms with Gasteiger partial charge in [-0.15, -0.1) is 0 Å². The number of ether oxygens (including phenoxy) is 1. The first-order chi connectivity index (χ1) is 17.0. The minimum absolute atomic E-state index is 0.0244. The molecule has 2 heterocycles. The summed E-state index contributed by atoms with van der Waals surface area (Å²) in [5.41, 5.74) is 2.98. The number of para-hydroxylation sites is 2. The van der Waals surface area contributed by atoms with Gasteiger partial charge in [0.1, 0.15) is 23.0 Å². The predicted octanol–water partition coefficient (Wildman–Crippen LogP) is 5.60. The lowest BCUT2D eigenvalue weighted by molar-refractivity contribution is 0.0884. The lowest BCUT2D eigenvalue weighted by Crippen LogP contribution is -2.51. The van der Waals surface area contributed by atoms with E-state index in [9.17, 15) is 9.18 Å². The summed E-state index contributed by atoms with van der Waals surface area (Å²) < 4.78 is 24.8. The lowest BCUT2D eigenvalue weighted by atomic mass is 9.82. The molecule has 1 aliphatic heterocycles. The average molecular weight is 589 g/mol. The molecule has 2 atom stereocenters. The van der Waals surface area contributed by atoms with Crippen LogP contribution in [0.2, 0.25) is 0 Å². The Labute approximate surface area is 218 Å². The molecule has 1 saturated heterocycles. The SMILES string of the molecule is COc1ccccc1N1CCN(CCCC2CCc3onc(-c4ccc(F)cc4)c3C2=O)C(I)C1. The zero-order chi connectivity index (χ0) is 24.4. The number of nitrogens with zero attached hydrogens (tertiary/aromatic N) is 3. The highest BCUT2D eigenvalue weighted by molar-refractivity contribution is 14.1. The van der Waals surface area contributed by atoms with Gasteiger partial charge in [-0.05, 0) is 62.2 Å². The monoisotopic (exact) mass is 589 g/mol. The maximum atomic E-state index is 13.3. The number of anilines is 1. The molecular formula is C27H29FIN3O3. The van der Waals surface area contributed by atoms with E-state index < -0.39 is 0 Å². The van der Waals surface area contributed by atoms with Crippen LogP contribution in [-0.2, 0) is 6.42 Å². The molecule has 0 N–H and O–H groups in total. The Bertz CT molecular complexity index is 1180. The number of piperazine rings is 1. The molecule has 0 saturated carbocycles. The van der Waals surface area contributed by atoms with Crippen molar-refractivity contribution in [2.24, 2.45) is 5.92 Å². The number of hydrogen-bond acceptors (Lipinski definition) is 6. The van der Waals surface area contributed by atoms with Crippen molar-refractivity contribution in [1.82, 2.24) is 10.1 Å². The van der Waals surface area contributed by atoms with Crippen LogP contribution >= 0.6 is 22.6 Å². The molecule has 0 radical (unpaired) electrons. The predicted molar refractivity (Wildman–Crippen MR) is 142 cm³/mol. The smallest absolute Gasteiger partial charge is 0.171 e. The van der Waals surface area contributed by atoms with Gasteiger partial charge >= 0.3 is 0 Å². The highest BCUT2D eigenvalue weighted by Gasteiger charge is 2.34. The Kier molecular flexibility index (Phi) is 7.38. The number of rotatable bonds is 7. The zero-order valence-corrected chi connectivity index (χ0v) is 21.9. The number of carbonyl (C=O) groups excluding carboxylic acids is 1. The third-order valence-electron chi connectivity index (χ3n) is 7.07. The fourth-order valence-electron chi connectivity index (χ4n) is 5.15. The summed E-state index contributed by atoms with van der Waals surface area (Å²) in [5.74, 6) is 1.34. The third-order valence-corrected chi connectivity index (χ3v) is 8.25. The number of carbonyl (C=O) groups is 1. The van der Waals surface area contributed by atoms with Crippen molar-refractivity contribution in [2.45, 2.75) is 29.7 Å². The third kappa shape index (κ3) is 5.09. The molecule has 0 amide bonds. The van der Waals surface area contributed by atoms with Crippen LogP contribution in [-0.4, -0.2) is 53.2 Å². The number of halogens is 2. The number of alkyl halides is 1. The molecule has 2 aliphatic rings. The maximum absolute atomic E-state index is 13.3. The van der Waals surface area contributed by atoms with Gasteiger partial charge in [0, 0.05) is 37.5 Å². The van der Waals surface area contributed by atoms with E-state index in [4.69, 9.17) is 9.26 Å². The summed E-state index contributed by atoms with van der Waals surface area (Å²) in [4.78, 5) is 18.2. The van der Waals surface area contributed by atoms with Crippen molar-refractivity contribution in [1.29, 1.82) is 0 Å². The highest BCUT2D eigenvalue weighted by Crippen LogP contribution is 2.36. The van der Waals surface area contributed by atoms with E-state index >= 15 is 0 Å². The normalized spacial score (nSPS) is 20.7. The van der Waals surface area contributed by atoms with Crippen molar-refractivity contribution in [3.8, 4) is 17.0 Å². The molecule has 1 fully saturated rings. The molecule has 1 aromatic heterocycles. The van der Waals surface area contributed by atoms with E-state index in [2.05, 4.69) is 49.7 Å². The Balaban J connectivity index is 1.17. The fraction of sp³-hybridized carbons (Fsp3) is 0.407. The van der Waals surface area contributed by atoms with Crippen molar-refractivity contribution in [2.75, 3.05) is 38.2 Å². The molecule has 1 aliphatic carbocycles. The minimum atomic E-state index is -0.312. The summed E-state index contributed by atoms with van der Waals surface area (Å²) >= 11 is 2.52. The molecular weight excluding hydrogens is 560 g/mol. The molecule has 6 nitrogen and oxygen atoms in total. The number of methoxy groups -OCH3 is 1. The summed E-state index contributed by atoms with van der Waals surface area (Å²) in [6.45, 7) is 3.84. The van der Waals surface area contributed by atoms with E-state index in [0.29, 0.717) is 33.1 Å². The Morgan fingerprint density at radius 1 is 1.17 bits per heavy atom. The number of hydrogen-bond donors (Lipinski definition) is 0. The molecule has 8 heteroatoms. The van der Waals surface area contributed by atoms with Crippen molar-refractivity contribution in [3.05, 3.63) is 65.7 Å².